The van der Waals surface area contributed by atoms with Gasteiger partial charge in [-0.1, -0.05) is 49.7 Å². The molecule has 0 radical (unpaired) electrons. The minimum atomic E-state index is -0.434. The van der Waals surface area contributed by atoms with E-state index in [9.17, 15) is 4.79 Å². The van der Waals surface area contributed by atoms with Gasteiger partial charge in [-0.15, -0.1) is 0 Å². The third kappa shape index (κ3) is 4.37. The molecule has 32 heavy (non-hydrogen) atoms. The number of benzene rings is 2. The molecule has 0 aliphatic carbocycles. The van der Waals surface area contributed by atoms with Crippen LogP contribution in [0.15, 0.2) is 54.6 Å². The van der Waals surface area contributed by atoms with Crippen molar-refractivity contribution in [2.75, 3.05) is 17.2 Å². The number of nitrogens with two attached hydrogens (primary N) is 2. The van der Waals surface area contributed by atoms with Crippen molar-refractivity contribution in [3.8, 4) is 0 Å². The lowest BCUT2D eigenvalue weighted by molar-refractivity contribution is 0.254. The summed E-state index contributed by atoms with van der Waals surface area (Å²) in [5.41, 5.74) is 15.4. The van der Waals surface area contributed by atoms with E-state index in [2.05, 4.69) is 22.5 Å². The normalized spacial score (nSPS) is 11.3. The molecule has 0 atom stereocenters. The Bertz CT molecular complexity index is 1220. The standard InChI is InChI=1S/C25H30N6O/c1-2-3-16-31-21(15-9-10-17-30(25(27)32)18-11-5-4-6-12-18)29-22-23(31)19-13-7-8-14-20(19)28-24(22)26/h4-8,11-14H,2-3,9-10,15-17H2,1H3,(H2,26,28)(H2,27,32). The maximum atomic E-state index is 11.9. The van der Waals surface area contributed by atoms with Crippen LogP contribution < -0.4 is 16.4 Å². The fraction of sp³-hybridized carbons (Fsp3) is 0.320. The molecule has 166 valence electrons. The number of nitrogens with zero attached hydrogens (tertiary/aromatic N) is 4. The number of carbonyl (C=O) groups is 1. The number of urea groups is 1. The van der Waals surface area contributed by atoms with Crippen LogP contribution in [0.3, 0.4) is 0 Å². The largest absolute Gasteiger partial charge is 0.382 e. The van der Waals surface area contributed by atoms with Crippen molar-refractivity contribution < 1.29 is 4.79 Å². The zero-order valence-corrected chi connectivity index (χ0v) is 18.5. The lowest BCUT2D eigenvalue weighted by Crippen LogP contribution is -2.36. The van der Waals surface area contributed by atoms with Crippen molar-refractivity contribution in [1.82, 2.24) is 14.5 Å². The first kappa shape index (κ1) is 21.6. The summed E-state index contributed by atoms with van der Waals surface area (Å²) >= 11 is 0. The number of imidazole rings is 1. The number of primary amides is 1. The number of nitrogen functional groups attached to an aromatic ring is 1. The van der Waals surface area contributed by atoms with Crippen LogP contribution in [0.2, 0.25) is 0 Å². The number of fused-ring (bicyclic) bond motifs is 3. The first-order valence-electron chi connectivity index (χ1n) is 11.3. The number of hydrogen-bond donors (Lipinski definition) is 2. The number of unbranched alkanes of at least 4 members (excludes halogenated alkanes) is 2. The van der Waals surface area contributed by atoms with Crippen LogP contribution in [0, 0.1) is 0 Å². The molecule has 0 spiro atoms. The van der Waals surface area contributed by atoms with Crippen LogP contribution in [-0.2, 0) is 13.0 Å². The van der Waals surface area contributed by atoms with Gasteiger partial charge >= 0.3 is 6.03 Å². The van der Waals surface area contributed by atoms with Crippen molar-refractivity contribution in [2.45, 2.75) is 45.6 Å². The topological polar surface area (TPSA) is 103 Å². The number of anilines is 2. The van der Waals surface area contributed by atoms with E-state index in [1.54, 1.807) is 4.90 Å². The van der Waals surface area contributed by atoms with E-state index >= 15 is 0 Å². The molecule has 2 amide bonds. The average molecular weight is 431 g/mol. The summed E-state index contributed by atoms with van der Waals surface area (Å²) in [6.45, 7) is 3.66. The third-order valence-corrected chi connectivity index (χ3v) is 5.79. The molecule has 7 nitrogen and oxygen atoms in total. The van der Waals surface area contributed by atoms with Gasteiger partial charge in [0.2, 0.25) is 0 Å². The predicted molar refractivity (Wildman–Crippen MR) is 131 cm³/mol. The van der Waals surface area contributed by atoms with E-state index in [1.807, 2.05) is 48.5 Å². The van der Waals surface area contributed by atoms with Crippen LogP contribution in [0.5, 0.6) is 0 Å². The molecule has 0 fully saturated rings. The summed E-state index contributed by atoms with van der Waals surface area (Å²) in [4.78, 5) is 23.0. The van der Waals surface area contributed by atoms with Gasteiger partial charge in [0.05, 0.1) is 11.0 Å². The van der Waals surface area contributed by atoms with Gasteiger partial charge in [0.1, 0.15) is 11.3 Å². The second kappa shape index (κ2) is 9.68. The Morgan fingerprint density at radius 3 is 2.50 bits per heavy atom. The monoisotopic (exact) mass is 430 g/mol. The summed E-state index contributed by atoms with van der Waals surface area (Å²) in [6, 6.07) is 17.2. The van der Waals surface area contributed by atoms with Gasteiger partial charge in [-0.25, -0.2) is 14.8 Å². The predicted octanol–water partition coefficient (Wildman–Crippen LogP) is 4.87. The average Bonchev–Trinajstić information content (AvgIpc) is 3.17. The van der Waals surface area contributed by atoms with Gasteiger partial charge in [0, 0.05) is 30.6 Å². The molecule has 4 aromatic rings. The summed E-state index contributed by atoms with van der Waals surface area (Å²) in [6.07, 6.45) is 4.68. The molecular formula is C25H30N6O. The lowest BCUT2D eigenvalue weighted by Gasteiger charge is -2.20. The molecule has 0 saturated heterocycles. The Morgan fingerprint density at radius 1 is 1.00 bits per heavy atom. The first-order chi connectivity index (χ1) is 15.6. The zero-order valence-electron chi connectivity index (χ0n) is 18.5. The maximum Gasteiger partial charge on any atom is 0.319 e. The van der Waals surface area contributed by atoms with Gasteiger partial charge in [-0.3, -0.25) is 4.90 Å². The lowest BCUT2D eigenvalue weighted by atomic mass is 10.1. The second-order valence-electron chi connectivity index (χ2n) is 8.03. The molecule has 0 aliphatic heterocycles. The molecular weight excluding hydrogens is 400 g/mol. The van der Waals surface area contributed by atoms with Crippen molar-refractivity contribution in [1.29, 1.82) is 0 Å². The number of pyridine rings is 1. The van der Waals surface area contributed by atoms with Gasteiger partial charge in [-0.2, -0.15) is 0 Å². The highest BCUT2D eigenvalue weighted by atomic mass is 16.2. The van der Waals surface area contributed by atoms with E-state index in [-0.39, 0.29) is 0 Å². The molecule has 0 saturated carbocycles. The number of amides is 2. The molecule has 0 bridgehead atoms. The minimum absolute atomic E-state index is 0.434. The Labute approximate surface area is 188 Å². The minimum Gasteiger partial charge on any atom is -0.382 e. The van der Waals surface area contributed by atoms with Crippen molar-refractivity contribution in [3.63, 3.8) is 0 Å². The van der Waals surface area contributed by atoms with Crippen LogP contribution in [0.1, 0.15) is 38.4 Å². The molecule has 0 aliphatic rings. The zero-order chi connectivity index (χ0) is 22.5. The van der Waals surface area contributed by atoms with Crippen LogP contribution in [-0.4, -0.2) is 27.1 Å². The SMILES string of the molecule is CCCCn1c(CCCCN(C(N)=O)c2ccccc2)nc2c(N)nc3ccccc3c21. The Balaban J connectivity index is 1.56. The quantitative estimate of drug-likeness (QED) is 0.370. The highest BCUT2D eigenvalue weighted by Gasteiger charge is 2.17. The molecule has 2 aromatic carbocycles. The summed E-state index contributed by atoms with van der Waals surface area (Å²) in [5.74, 6) is 1.49. The molecule has 7 heteroatoms. The van der Waals surface area contributed by atoms with E-state index in [4.69, 9.17) is 16.5 Å². The fourth-order valence-corrected chi connectivity index (χ4v) is 4.18. The Kier molecular flexibility index (Phi) is 6.54. The molecule has 0 unspecified atom stereocenters. The highest BCUT2D eigenvalue weighted by Crippen LogP contribution is 2.29. The van der Waals surface area contributed by atoms with E-state index in [0.29, 0.717) is 12.4 Å². The fourth-order valence-electron chi connectivity index (χ4n) is 4.18. The van der Waals surface area contributed by atoms with Gasteiger partial charge in [0.25, 0.3) is 0 Å². The first-order valence-corrected chi connectivity index (χ1v) is 11.3. The van der Waals surface area contributed by atoms with Crippen molar-refractivity contribution in [2.24, 2.45) is 5.73 Å². The molecule has 2 aromatic heterocycles. The number of carbonyl (C=O) groups excluding carboxylic acids is 1. The van der Waals surface area contributed by atoms with Crippen LogP contribution in [0.25, 0.3) is 21.9 Å². The smallest absolute Gasteiger partial charge is 0.319 e. The number of rotatable bonds is 9. The van der Waals surface area contributed by atoms with Gasteiger partial charge in [-0.05, 0) is 37.5 Å². The van der Waals surface area contributed by atoms with Gasteiger partial charge in [0.15, 0.2) is 5.82 Å². The van der Waals surface area contributed by atoms with E-state index in [0.717, 1.165) is 72.1 Å². The van der Waals surface area contributed by atoms with Crippen LogP contribution >= 0.6 is 0 Å². The van der Waals surface area contributed by atoms with Crippen LogP contribution in [0.4, 0.5) is 16.3 Å². The molecule has 2 heterocycles. The number of aryl methyl sites for hydroxylation is 2. The molecule has 4 N–H and O–H groups in total. The number of aromatic nitrogens is 3. The second-order valence-corrected chi connectivity index (χ2v) is 8.03. The third-order valence-electron chi connectivity index (χ3n) is 5.79. The van der Waals surface area contributed by atoms with Crippen molar-refractivity contribution in [3.05, 3.63) is 60.4 Å². The van der Waals surface area contributed by atoms with E-state index in [1.165, 1.54) is 0 Å². The summed E-state index contributed by atoms with van der Waals surface area (Å²) in [7, 11) is 0. The summed E-state index contributed by atoms with van der Waals surface area (Å²) in [5, 5.41) is 1.08. The highest BCUT2D eigenvalue weighted by molar-refractivity contribution is 6.06. The maximum absolute atomic E-state index is 11.9. The summed E-state index contributed by atoms with van der Waals surface area (Å²) < 4.78 is 2.31. The molecule has 4 rings (SSSR count). The van der Waals surface area contributed by atoms with Crippen molar-refractivity contribution >= 4 is 39.5 Å². The Morgan fingerprint density at radius 2 is 1.75 bits per heavy atom. The van der Waals surface area contributed by atoms with E-state index < -0.39 is 6.03 Å². The Hall–Kier alpha value is -3.61. The number of para-hydroxylation sites is 2. The number of hydrogen-bond acceptors (Lipinski definition) is 4. The van der Waals surface area contributed by atoms with Gasteiger partial charge < -0.3 is 16.0 Å².